The summed E-state index contributed by atoms with van der Waals surface area (Å²) in [6, 6.07) is 6.78. The van der Waals surface area contributed by atoms with Crippen LogP contribution in [0.4, 0.5) is 0 Å². The third-order valence-corrected chi connectivity index (χ3v) is 3.91. The Morgan fingerprint density at radius 3 is 3.04 bits per heavy atom. The molecule has 0 bridgehead atoms. The van der Waals surface area contributed by atoms with Crippen LogP contribution in [-0.4, -0.2) is 40.0 Å². The number of hydrogen-bond acceptors (Lipinski definition) is 4. The molecule has 1 aliphatic rings. The summed E-state index contributed by atoms with van der Waals surface area (Å²) >= 11 is 0. The van der Waals surface area contributed by atoms with Crippen molar-refractivity contribution < 1.29 is 9.53 Å². The maximum atomic E-state index is 12.5. The first kappa shape index (κ1) is 15.4. The molecule has 3 rings (SSSR count). The van der Waals surface area contributed by atoms with E-state index in [2.05, 4.69) is 9.97 Å². The minimum atomic E-state index is -0.210. The van der Waals surface area contributed by atoms with E-state index >= 15 is 0 Å². The molecule has 0 saturated carbocycles. The van der Waals surface area contributed by atoms with Crippen LogP contribution in [0.3, 0.4) is 0 Å². The molecule has 1 amide bonds. The maximum absolute atomic E-state index is 12.5. The number of hydrogen-bond donors (Lipinski definition) is 1. The average molecular weight is 313 g/mol. The summed E-state index contributed by atoms with van der Waals surface area (Å²) in [7, 11) is 0. The molecule has 1 aliphatic heterocycles. The van der Waals surface area contributed by atoms with E-state index < -0.39 is 0 Å². The highest BCUT2D eigenvalue weighted by molar-refractivity contribution is 5.93. The number of aromatic nitrogens is 2. The van der Waals surface area contributed by atoms with Crippen LogP contribution in [0.15, 0.2) is 47.7 Å². The van der Waals surface area contributed by atoms with Crippen molar-refractivity contribution in [2.75, 3.05) is 13.1 Å². The highest BCUT2D eigenvalue weighted by Gasteiger charge is 2.25. The second kappa shape index (κ2) is 7.19. The monoisotopic (exact) mass is 313 g/mol. The Bertz CT molecular complexity index is 694. The Balaban J connectivity index is 1.58. The SMILES string of the molecule is O=C(c1ccc(=O)[nH]c1)N1CCCC(OCc2cccnc2)C1. The average Bonchev–Trinajstić information content (AvgIpc) is 2.61. The molecule has 1 unspecified atom stereocenters. The Labute approximate surface area is 134 Å². The van der Waals surface area contributed by atoms with Gasteiger partial charge in [-0.3, -0.25) is 14.6 Å². The highest BCUT2D eigenvalue weighted by Crippen LogP contribution is 2.17. The first-order chi connectivity index (χ1) is 11.2. The zero-order valence-electron chi connectivity index (χ0n) is 12.8. The van der Waals surface area contributed by atoms with Crippen molar-refractivity contribution in [3.63, 3.8) is 0 Å². The molecule has 0 spiro atoms. The molecule has 120 valence electrons. The largest absolute Gasteiger partial charge is 0.372 e. The van der Waals surface area contributed by atoms with Gasteiger partial charge in [0.15, 0.2) is 0 Å². The number of nitrogens with one attached hydrogen (secondary N) is 1. The number of carbonyl (C=O) groups excluding carboxylic acids is 1. The Kier molecular flexibility index (Phi) is 4.83. The van der Waals surface area contributed by atoms with Gasteiger partial charge in [-0.2, -0.15) is 0 Å². The number of amides is 1. The molecule has 1 atom stereocenters. The minimum absolute atomic E-state index is 0.0238. The van der Waals surface area contributed by atoms with E-state index in [1.165, 1.54) is 12.3 Å². The van der Waals surface area contributed by atoms with Crippen molar-refractivity contribution >= 4 is 5.91 Å². The normalized spacial score (nSPS) is 17.9. The Morgan fingerprint density at radius 1 is 1.39 bits per heavy atom. The molecule has 1 saturated heterocycles. The fourth-order valence-corrected chi connectivity index (χ4v) is 2.68. The molecule has 1 N–H and O–H groups in total. The number of nitrogens with zero attached hydrogens (tertiary/aromatic N) is 2. The van der Waals surface area contributed by atoms with Crippen LogP contribution in [-0.2, 0) is 11.3 Å². The van der Waals surface area contributed by atoms with Crippen molar-refractivity contribution in [2.24, 2.45) is 0 Å². The van der Waals surface area contributed by atoms with E-state index in [0.29, 0.717) is 25.3 Å². The number of H-pyrrole nitrogens is 1. The van der Waals surface area contributed by atoms with E-state index in [0.717, 1.165) is 18.4 Å². The summed E-state index contributed by atoms with van der Waals surface area (Å²) in [4.78, 5) is 31.9. The van der Waals surface area contributed by atoms with E-state index in [1.54, 1.807) is 23.4 Å². The molecule has 1 fully saturated rings. The molecule has 2 aromatic rings. The Morgan fingerprint density at radius 2 is 2.30 bits per heavy atom. The van der Waals surface area contributed by atoms with E-state index in [-0.39, 0.29) is 17.6 Å². The molecule has 0 aliphatic carbocycles. The van der Waals surface area contributed by atoms with Crippen LogP contribution >= 0.6 is 0 Å². The standard InChI is InChI=1S/C17H19N3O3/c21-16-6-5-14(10-19-16)17(22)20-8-2-4-15(11-20)23-12-13-3-1-7-18-9-13/h1,3,5-7,9-10,15H,2,4,8,11-12H2,(H,19,21). The summed E-state index contributed by atoms with van der Waals surface area (Å²) < 4.78 is 5.91. The summed E-state index contributed by atoms with van der Waals surface area (Å²) in [6.45, 7) is 1.78. The van der Waals surface area contributed by atoms with Crippen molar-refractivity contribution in [1.82, 2.24) is 14.9 Å². The van der Waals surface area contributed by atoms with Gasteiger partial charge in [0.2, 0.25) is 5.56 Å². The molecule has 0 aromatic carbocycles. The van der Waals surface area contributed by atoms with Crippen LogP contribution in [0.5, 0.6) is 0 Å². The minimum Gasteiger partial charge on any atom is -0.372 e. The lowest BCUT2D eigenvalue weighted by Gasteiger charge is -2.32. The second-order valence-electron chi connectivity index (χ2n) is 5.63. The summed E-state index contributed by atoms with van der Waals surface area (Å²) in [5.41, 5.74) is 1.31. The highest BCUT2D eigenvalue weighted by atomic mass is 16.5. The molecule has 23 heavy (non-hydrogen) atoms. The number of carbonyl (C=O) groups is 1. The van der Waals surface area contributed by atoms with E-state index in [4.69, 9.17) is 4.74 Å². The second-order valence-corrected chi connectivity index (χ2v) is 5.63. The smallest absolute Gasteiger partial charge is 0.255 e. The summed E-state index contributed by atoms with van der Waals surface area (Å²) in [6.07, 6.45) is 6.85. The molecule has 0 radical (unpaired) electrons. The molecule has 2 aromatic heterocycles. The van der Waals surface area contributed by atoms with Gasteiger partial charge in [0.1, 0.15) is 0 Å². The Hall–Kier alpha value is -2.47. The summed E-state index contributed by atoms with van der Waals surface area (Å²) in [5, 5.41) is 0. The van der Waals surface area contributed by atoms with E-state index in [9.17, 15) is 9.59 Å². The molecule has 3 heterocycles. The van der Waals surface area contributed by atoms with Gasteiger partial charge in [0.25, 0.3) is 5.91 Å². The first-order valence-electron chi connectivity index (χ1n) is 7.71. The molecular formula is C17H19N3O3. The predicted octanol–water partition coefficient (Wildman–Crippen LogP) is 1.59. The number of piperidine rings is 1. The summed E-state index contributed by atoms with van der Waals surface area (Å²) in [5.74, 6) is -0.0732. The predicted molar refractivity (Wildman–Crippen MR) is 85.0 cm³/mol. The van der Waals surface area contributed by atoms with E-state index in [1.807, 2.05) is 12.1 Å². The van der Waals surface area contributed by atoms with Crippen LogP contribution in [0.2, 0.25) is 0 Å². The van der Waals surface area contributed by atoms with Gasteiger partial charge >= 0.3 is 0 Å². The van der Waals surface area contributed by atoms with Crippen molar-refractivity contribution in [2.45, 2.75) is 25.6 Å². The lowest BCUT2D eigenvalue weighted by atomic mass is 10.1. The number of ether oxygens (including phenoxy) is 1. The van der Waals surface area contributed by atoms with Crippen LogP contribution in [0.1, 0.15) is 28.8 Å². The zero-order chi connectivity index (χ0) is 16.1. The number of likely N-dealkylation sites (tertiary alicyclic amines) is 1. The lowest BCUT2D eigenvalue weighted by molar-refractivity contribution is -0.00682. The number of pyridine rings is 2. The number of rotatable bonds is 4. The van der Waals surface area contributed by atoms with Gasteiger partial charge in [-0.1, -0.05) is 6.07 Å². The van der Waals surface area contributed by atoms with Gasteiger partial charge in [0.05, 0.1) is 18.3 Å². The van der Waals surface area contributed by atoms with Gasteiger partial charge in [-0.25, -0.2) is 0 Å². The fraction of sp³-hybridized carbons (Fsp3) is 0.353. The van der Waals surface area contributed by atoms with Crippen LogP contribution in [0, 0.1) is 0 Å². The maximum Gasteiger partial charge on any atom is 0.255 e. The van der Waals surface area contributed by atoms with Crippen molar-refractivity contribution in [3.8, 4) is 0 Å². The topological polar surface area (TPSA) is 75.3 Å². The van der Waals surface area contributed by atoms with Gasteiger partial charge in [0, 0.05) is 37.7 Å². The molecule has 6 heteroatoms. The van der Waals surface area contributed by atoms with Crippen LogP contribution in [0.25, 0.3) is 0 Å². The quantitative estimate of drug-likeness (QED) is 0.930. The fourth-order valence-electron chi connectivity index (χ4n) is 2.68. The van der Waals surface area contributed by atoms with Crippen molar-refractivity contribution in [3.05, 3.63) is 64.3 Å². The van der Waals surface area contributed by atoms with Gasteiger partial charge in [-0.15, -0.1) is 0 Å². The third kappa shape index (κ3) is 4.04. The number of aromatic amines is 1. The van der Waals surface area contributed by atoms with Crippen LogP contribution < -0.4 is 5.56 Å². The van der Waals surface area contributed by atoms with Gasteiger partial charge in [-0.05, 0) is 30.5 Å². The van der Waals surface area contributed by atoms with Crippen molar-refractivity contribution in [1.29, 1.82) is 0 Å². The lowest BCUT2D eigenvalue weighted by Crippen LogP contribution is -2.43. The first-order valence-corrected chi connectivity index (χ1v) is 7.71. The zero-order valence-corrected chi connectivity index (χ0v) is 12.8. The van der Waals surface area contributed by atoms with Gasteiger partial charge < -0.3 is 14.6 Å². The molecular weight excluding hydrogens is 294 g/mol. The molecule has 6 nitrogen and oxygen atoms in total. The third-order valence-electron chi connectivity index (χ3n) is 3.91.